The van der Waals surface area contributed by atoms with Crippen LogP contribution in [0.3, 0.4) is 0 Å². The largest absolute Gasteiger partial charge is 0.479 e. The van der Waals surface area contributed by atoms with E-state index in [9.17, 15) is 14.9 Å². The van der Waals surface area contributed by atoms with E-state index in [1.54, 1.807) is 27.0 Å². The molecule has 1 saturated heterocycles. The molecule has 1 spiro atoms. The molecule has 0 saturated carbocycles. The van der Waals surface area contributed by atoms with E-state index in [1.165, 1.54) is 41.4 Å². The molecule has 9 nitrogen and oxygen atoms in total. The van der Waals surface area contributed by atoms with E-state index in [0.717, 1.165) is 12.0 Å². The van der Waals surface area contributed by atoms with Crippen molar-refractivity contribution in [1.29, 1.82) is 0 Å². The maximum Gasteiger partial charge on any atom is 0.410 e. The number of rotatable bonds is 4. The Bertz CT molecular complexity index is 1150. The molecule has 1 fully saturated rings. The molecule has 2 aliphatic rings. The van der Waals surface area contributed by atoms with Crippen LogP contribution in [0.1, 0.15) is 45.3 Å². The number of hydrogen-bond acceptors (Lipinski definition) is 8. The number of piperidine rings is 1. The van der Waals surface area contributed by atoms with Gasteiger partial charge in [0.15, 0.2) is 11.7 Å². The Morgan fingerprint density at radius 1 is 1.25 bits per heavy atom. The first-order valence-corrected chi connectivity index (χ1v) is 12.5. The molecule has 1 atom stereocenters. The molecule has 2 aromatic rings. The Morgan fingerprint density at radius 3 is 2.44 bits per heavy atom. The minimum absolute atomic E-state index is 0.0418. The molecule has 0 bridgehead atoms. The van der Waals surface area contributed by atoms with Gasteiger partial charge < -0.3 is 18.6 Å². The number of ether oxygens (including phenoxy) is 2. The fraction of sp³-hybridized carbons (Fsp3) is 0.500. The van der Waals surface area contributed by atoms with E-state index in [-0.39, 0.29) is 42.9 Å². The average molecular weight is 524 g/mol. The van der Waals surface area contributed by atoms with Crippen LogP contribution in [-0.4, -0.2) is 57.4 Å². The molecule has 2 aliphatic heterocycles. The first-order chi connectivity index (χ1) is 16.9. The van der Waals surface area contributed by atoms with Crippen molar-refractivity contribution in [2.24, 2.45) is 0 Å². The molecule has 0 aliphatic carbocycles. The Morgan fingerprint density at radius 2 is 1.89 bits per heavy atom. The third-order valence-electron chi connectivity index (χ3n) is 6.21. The molecule has 0 N–H and O–H groups in total. The van der Waals surface area contributed by atoms with Crippen LogP contribution in [0.25, 0.3) is 11.3 Å². The Hall–Kier alpha value is -2.99. The third-order valence-corrected chi connectivity index (χ3v) is 6.60. The van der Waals surface area contributed by atoms with Crippen molar-refractivity contribution in [2.45, 2.75) is 56.8 Å². The number of non-ortho nitro benzene ring substituents is 1. The van der Waals surface area contributed by atoms with Gasteiger partial charge in [-0.15, -0.1) is 0 Å². The van der Waals surface area contributed by atoms with Crippen LogP contribution >= 0.6 is 12.0 Å². The van der Waals surface area contributed by atoms with E-state index >= 15 is 8.78 Å². The second-order valence-corrected chi connectivity index (χ2v) is 10.3. The number of benzene rings is 1. The van der Waals surface area contributed by atoms with Crippen LogP contribution in [0, 0.1) is 10.1 Å². The number of nitrogens with zero attached hydrogens (tertiary/aromatic N) is 3. The Labute approximate surface area is 211 Å². The van der Waals surface area contributed by atoms with Crippen LogP contribution in [0.5, 0.6) is 5.75 Å². The predicted octanol–water partition coefficient (Wildman–Crippen LogP) is 5.79. The van der Waals surface area contributed by atoms with Gasteiger partial charge in [-0.2, -0.15) is 8.78 Å². The molecule has 4 rings (SSSR count). The molecule has 0 radical (unpaired) electrons. The molecule has 3 heterocycles. The number of carbonyl (C=O) groups is 1. The van der Waals surface area contributed by atoms with Gasteiger partial charge in [-0.05, 0) is 51.0 Å². The molecule has 194 valence electrons. The number of alkyl halides is 2. The van der Waals surface area contributed by atoms with Crippen LogP contribution < -0.4 is 4.74 Å². The number of hydrogen-bond donors (Lipinski definition) is 0. The second kappa shape index (κ2) is 9.47. The summed E-state index contributed by atoms with van der Waals surface area (Å²) in [5.41, 5.74) is -1.64. The van der Waals surface area contributed by atoms with Gasteiger partial charge in [0.05, 0.1) is 16.8 Å². The lowest BCUT2D eigenvalue weighted by molar-refractivity contribution is -0.384. The van der Waals surface area contributed by atoms with Crippen molar-refractivity contribution >= 4 is 23.8 Å². The van der Waals surface area contributed by atoms with Crippen molar-refractivity contribution in [2.75, 3.05) is 19.3 Å². The quantitative estimate of drug-likeness (QED) is 0.282. The summed E-state index contributed by atoms with van der Waals surface area (Å²) in [6.07, 6.45) is 0.530. The summed E-state index contributed by atoms with van der Waals surface area (Å²) in [4.78, 5) is 28.6. The molecule has 1 unspecified atom stereocenters. The van der Waals surface area contributed by atoms with Crippen LogP contribution in [0.15, 0.2) is 36.5 Å². The van der Waals surface area contributed by atoms with Crippen molar-refractivity contribution in [1.82, 2.24) is 9.88 Å². The summed E-state index contributed by atoms with van der Waals surface area (Å²) in [6.45, 7) is 5.32. The van der Waals surface area contributed by atoms with E-state index < -0.39 is 34.2 Å². The smallest absolute Gasteiger partial charge is 0.410 e. The number of nitro benzene ring substituents is 1. The fourth-order valence-electron chi connectivity index (χ4n) is 4.39. The van der Waals surface area contributed by atoms with Crippen LogP contribution in [-0.2, 0) is 8.92 Å². The molecule has 1 amide bonds. The molecular formula is C24H27F2N3O6S. The van der Waals surface area contributed by atoms with Crippen molar-refractivity contribution in [3.05, 3.63) is 52.2 Å². The number of halogens is 2. The van der Waals surface area contributed by atoms with Gasteiger partial charge >= 0.3 is 12.0 Å². The Kier molecular flexibility index (Phi) is 6.86. The van der Waals surface area contributed by atoms with Gasteiger partial charge in [0, 0.05) is 55.4 Å². The van der Waals surface area contributed by atoms with Gasteiger partial charge in [0.2, 0.25) is 0 Å². The zero-order chi connectivity index (χ0) is 26.3. The lowest BCUT2D eigenvalue weighted by atomic mass is 9.78. The van der Waals surface area contributed by atoms with Crippen LogP contribution in [0.2, 0.25) is 0 Å². The Balaban J connectivity index is 1.63. The summed E-state index contributed by atoms with van der Waals surface area (Å²) in [5.74, 6) is -3.24. The predicted molar refractivity (Wildman–Crippen MR) is 129 cm³/mol. The average Bonchev–Trinajstić information content (AvgIpc) is 2.81. The number of nitro groups is 1. The van der Waals surface area contributed by atoms with Gasteiger partial charge in [-0.1, -0.05) is 0 Å². The number of carbonyl (C=O) groups excluding carboxylic acids is 1. The number of pyridine rings is 1. The maximum absolute atomic E-state index is 16.1. The van der Waals surface area contributed by atoms with Gasteiger partial charge in [-0.25, -0.2) is 4.79 Å². The second-order valence-electron chi connectivity index (χ2n) is 9.74. The highest BCUT2D eigenvalue weighted by Crippen LogP contribution is 2.56. The van der Waals surface area contributed by atoms with Crippen LogP contribution in [0.4, 0.5) is 19.3 Å². The highest BCUT2D eigenvalue weighted by Gasteiger charge is 2.66. The summed E-state index contributed by atoms with van der Waals surface area (Å²) in [7, 11) is 0. The van der Waals surface area contributed by atoms with Gasteiger partial charge in [0.25, 0.3) is 5.69 Å². The summed E-state index contributed by atoms with van der Waals surface area (Å²) >= 11 is 0.825. The van der Waals surface area contributed by atoms with Crippen molar-refractivity contribution in [3.8, 4) is 17.0 Å². The molecule has 12 heteroatoms. The maximum atomic E-state index is 16.1. The van der Waals surface area contributed by atoms with E-state index in [2.05, 4.69) is 4.98 Å². The van der Waals surface area contributed by atoms with Gasteiger partial charge in [0.1, 0.15) is 11.4 Å². The van der Waals surface area contributed by atoms with Gasteiger partial charge in [-0.3, -0.25) is 15.1 Å². The molecule has 36 heavy (non-hydrogen) atoms. The standard InChI is InChI=1S/C24H27F2N3O6S/c1-22(2,3)34-21(30)28-11-9-23(10-12-28)24(25,26)20(35-36-4)17-13-18(27-14-19(17)33-23)15-5-7-16(8-6-15)29(31)32/h5-8,13-14,20H,9-12H2,1-4H3. The highest BCUT2D eigenvalue weighted by atomic mass is 32.2. The molecule has 1 aromatic carbocycles. The van der Waals surface area contributed by atoms with E-state index in [1.807, 2.05) is 0 Å². The summed E-state index contributed by atoms with van der Waals surface area (Å²) in [5, 5.41) is 10.9. The van der Waals surface area contributed by atoms with E-state index in [4.69, 9.17) is 13.7 Å². The fourth-order valence-corrected chi connectivity index (χ4v) is 4.81. The SMILES string of the molecule is CSOC1c2cc(-c3ccc([N+](=O)[O-])cc3)ncc2OC2(CCN(C(=O)OC(C)(C)C)CC2)C1(F)F. The molecular weight excluding hydrogens is 496 g/mol. The lowest BCUT2D eigenvalue weighted by Crippen LogP contribution is -2.63. The normalized spacial score (nSPS) is 20.4. The topological polar surface area (TPSA) is 104 Å². The number of fused-ring (bicyclic) bond motifs is 1. The third kappa shape index (κ3) is 4.83. The van der Waals surface area contributed by atoms with Crippen molar-refractivity contribution in [3.63, 3.8) is 0 Å². The first kappa shape index (κ1) is 26.1. The summed E-state index contributed by atoms with van der Waals surface area (Å²) < 4.78 is 48.9. The zero-order valence-electron chi connectivity index (χ0n) is 20.3. The number of amides is 1. The number of likely N-dealkylation sites (tertiary alicyclic amines) is 1. The molecule has 1 aromatic heterocycles. The highest BCUT2D eigenvalue weighted by molar-refractivity contribution is 7.93. The monoisotopic (exact) mass is 523 g/mol. The van der Waals surface area contributed by atoms with Crippen molar-refractivity contribution < 1.29 is 32.2 Å². The minimum atomic E-state index is -3.42. The lowest BCUT2D eigenvalue weighted by Gasteiger charge is -2.50. The summed E-state index contributed by atoms with van der Waals surface area (Å²) in [6, 6.07) is 7.13. The zero-order valence-corrected chi connectivity index (χ0v) is 21.1. The first-order valence-electron chi connectivity index (χ1n) is 11.4. The minimum Gasteiger partial charge on any atom is -0.479 e. The van der Waals surface area contributed by atoms with E-state index in [0.29, 0.717) is 11.3 Å². The number of aromatic nitrogens is 1.